The van der Waals surface area contributed by atoms with Gasteiger partial charge in [-0.2, -0.15) is 0 Å². The van der Waals surface area contributed by atoms with Crippen LogP contribution in [0.4, 0.5) is 0 Å². The molecule has 0 saturated heterocycles. The monoisotopic (exact) mass is 260 g/mol. The van der Waals surface area contributed by atoms with Gasteiger partial charge in [-0.25, -0.2) is 0 Å². The Morgan fingerprint density at radius 1 is 1.26 bits per heavy atom. The number of rotatable bonds is 2. The lowest BCUT2D eigenvalue weighted by Gasteiger charge is -2.22. The molecular formula is C13H16N4O2. The maximum absolute atomic E-state index is 9.56. The molecule has 1 aromatic carbocycles. The number of nitrogens with zero attached hydrogens (tertiary/aromatic N) is 3. The molecule has 1 unspecified atom stereocenters. The fraction of sp³-hybridized carbons (Fsp3) is 0.385. The summed E-state index contributed by atoms with van der Waals surface area (Å²) >= 11 is 0. The Kier molecular flexibility index (Phi) is 2.87. The van der Waals surface area contributed by atoms with E-state index < -0.39 is 0 Å². The molecule has 0 radical (unpaired) electrons. The maximum atomic E-state index is 9.56. The number of fused-ring (bicyclic) bond motifs is 1. The molecule has 2 heterocycles. The van der Waals surface area contributed by atoms with E-state index in [-0.39, 0.29) is 11.5 Å². The summed E-state index contributed by atoms with van der Waals surface area (Å²) in [6, 6.07) is 4.68. The van der Waals surface area contributed by atoms with Crippen LogP contribution in [0.2, 0.25) is 0 Å². The van der Waals surface area contributed by atoms with Crippen molar-refractivity contribution >= 4 is 0 Å². The Bertz CT molecular complexity index is 609. The normalized spacial score (nSPS) is 18.3. The molecule has 19 heavy (non-hydrogen) atoms. The van der Waals surface area contributed by atoms with E-state index in [1.807, 2.05) is 0 Å². The minimum atomic E-state index is -0.148. The molecule has 0 fully saturated rings. The van der Waals surface area contributed by atoms with Gasteiger partial charge in [0.25, 0.3) is 0 Å². The SMILES string of the molecule is NCC1CCn2c(nnc2-c2ccc(O)c(O)c2)C1. The van der Waals surface area contributed by atoms with Crippen molar-refractivity contribution in [1.82, 2.24) is 14.8 Å². The van der Waals surface area contributed by atoms with Crippen molar-refractivity contribution in [2.75, 3.05) is 6.54 Å². The molecule has 0 aliphatic carbocycles. The van der Waals surface area contributed by atoms with Gasteiger partial charge in [0.15, 0.2) is 17.3 Å². The highest BCUT2D eigenvalue weighted by atomic mass is 16.3. The maximum Gasteiger partial charge on any atom is 0.164 e. The van der Waals surface area contributed by atoms with Crippen molar-refractivity contribution in [1.29, 1.82) is 0 Å². The van der Waals surface area contributed by atoms with Gasteiger partial charge in [0.1, 0.15) is 5.82 Å². The van der Waals surface area contributed by atoms with Crippen LogP contribution in [-0.2, 0) is 13.0 Å². The van der Waals surface area contributed by atoms with E-state index in [1.165, 1.54) is 12.1 Å². The third-order valence-corrected chi connectivity index (χ3v) is 3.63. The van der Waals surface area contributed by atoms with Gasteiger partial charge in [-0.3, -0.25) is 0 Å². The van der Waals surface area contributed by atoms with Gasteiger partial charge in [-0.05, 0) is 37.1 Å². The standard InChI is InChI=1S/C13H16N4O2/c14-7-8-3-4-17-12(5-8)15-16-13(17)9-1-2-10(18)11(19)6-9/h1-2,6,8,18-19H,3-5,7,14H2. The molecule has 3 rings (SSSR count). The fourth-order valence-electron chi connectivity index (χ4n) is 2.47. The predicted octanol–water partition coefficient (Wildman–Crippen LogP) is 0.877. The summed E-state index contributed by atoms with van der Waals surface area (Å²) in [6.07, 6.45) is 1.85. The van der Waals surface area contributed by atoms with Crippen LogP contribution in [0.25, 0.3) is 11.4 Å². The highest BCUT2D eigenvalue weighted by Crippen LogP contribution is 2.31. The Morgan fingerprint density at radius 3 is 2.84 bits per heavy atom. The molecule has 1 aromatic heterocycles. The second-order valence-electron chi connectivity index (χ2n) is 4.89. The second-order valence-corrected chi connectivity index (χ2v) is 4.89. The quantitative estimate of drug-likeness (QED) is 0.696. The number of hydrogen-bond donors (Lipinski definition) is 3. The van der Waals surface area contributed by atoms with Gasteiger partial charge >= 0.3 is 0 Å². The lowest BCUT2D eigenvalue weighted by Crippen LogP contribution is -2.25. The van der Waals surface area contributed by atoms with Gasteiger partial charge in [-0.15, -0.1) is 10.2 Å². The number of phenols is 2. The van der Waals surface area contributed by atoms with E-state index in [0.717, 1.165) is 36.6 Å². The zero-order chi connectivity index (χ0) is 13.4. The molecule has 0 spiro atoms. The number of benzene rings is 1. The molecular weight excluding hydrogens is 244 g/mol. The van der Waals surface area contributed by atoms with Crippen LogP contribution < -0.4 is 5.73 Å². The van der Waals surface area contributed by atoms with Gasteiger partial charge in [0, 0.05) is 18.5 Å². The van der Waals surface area contributed by atoms with Crippen molar-refractivity contribution in [2.24, 2.45) is 11.7 Å². The highest BCUT2D eigenvalue weighted by Gasteiger charge is 2.22. The molecule has 4 N–H and O–H groups in total. The van der Waals surface area contributed by atoms with Crippen LogP contribution in [0.5, 0.6) is 11.5 Å². The summed E-state index contributed by atoms with van der Waals surface area (Å²) in [4.78, 5) is 0. The Labute approximate surface area is 110 Å². The predicted molar refractivity (Wildman–Crippen MR) is 69.7 cm³/mol. The number of aromatic hydroxyl groups is 2. The molecule has 1 aliphatic rings. The van der Waals surface area contributed by atoms with E-state index in [9.17, 15) is 10.2 Å². The first-order chi connectivity index (χ1) is 9.19. The number of hydrogen-bond acceptors (Lipinski definition) is 5. The first kappa shape index (κ1) is 12.0. The van der Waals surface area contributed by atoms with Crippen LogP contribution >= 0.6 is 0 Å². The zero-order valence-corrected chi connectivity index (χ0v) is 10.5. The first-order valence-corrected chi connectivity index (χ1v) is 6.33. The Hall–Kier alpha value is -2.08. The number of aromatic nitrogens is 3. The van der Waals surface area contributed by atoms with Crippen molar-refractivity contribution in [2.45, 2.75) is 19.4 Å². The smallest absolute Gasteiger partial charge is 0.164 e. The lowest BCUT2D eigenvalue weighted by atomic mass is 9.98. The van der Waals surface area contributed by atoms with Gasteiger partial charge in [-0.1, -0.05) is 0 Å². The summed E-state index contributed by atoms with van der Waals surface area (Å²) in [5.41, 5.74) is 6.45. The van der Waals surface area contributed by atoms with E-state index >= 15 is 0 Å². The van der Waals surface area contributed by atoms with Crippen LogP contribution in [-0.4, -0.2) is 31.5 Å². The van der Waals surface area contributed by atoms with Gasteiger partial charge in [0.05, 0.1) is 0 Å². The molecule has 0 amide bonds. The van der Waals surface area contributed by atoms with Crippen molar-refractivity contribution in [3.8, 4) is 22.9 Å². The molecule has 1 aliphatic heterocycles. The largest absolute Gasteiger partial charge is 0.504 e. The van der Waals surface area contributed by atoms with Crippen LogP contribution in [0, 0.1) is 5.92 Å². The van der Waals surface area contributed by atoms with E-state index in [0.29, 0.717) is 12.5 Å². The lowest BCUT2D eigenvalue weighted by molar-refractivity contribution is 0.391. The summed E-state index contributed by atoms with van der Waals surface area (Å²) in [7, 11) is 0. The number of phenolic OH excluding ortho intramolecular Hbond substituents is 2. The fourth-order valence-corrected chi connectivity index (χ4v) is 2.47. The van der Waals surface area contributed by atoms with Crippen LogP contribution in [0.3, 0.4) is 0 Å². The molecule has 1 atom stereocenters. The molecule has 0 saturated carbocycles. The van der Waals surface area contributed by atoms with Gasteiger partial charge < -0.3 is 20.5 Å². The minimum Gasteiger partial charge on any atom is -0.504 e. The highest BCUT2D eigenvalue weighted by molar-refractivity contribution is 5.60. The molecule has 100 valence electrons. The average Bonchev–Trinajstić information content (AvgIpc) is 2.84. The molecule has 0 bridgehead atoms. The Balaban J connectivity index is 1.99. The number of nitrogens with two attached hydrogens (primary N) is 1. The average molecular weight is 260 g/mol. The molecule has 6 heteroatoms. The minimum absolute atomic E-state index is 0.134. The van der Waals surface area contributed by atoms with Crippen LogP contribution in [0.15, 0.2) is 18.2 Å². The van der Waals surface area contributed by atoms with E-state index in [2.05, 4.69) is 14.8 Å². The zero-order valence-electron chi connectivity index (χ0n) is 10.5. The van der Waals surface area contributed by atoms with E-state index in [4.69, 9.17) is 5.73 Å². The topological polar surface area (TPSA) is 97.2 Å². The second kappa shape index (κ2) is 4.55. The molecule has 2 aromatic rings. The summed E-state index contributed by atoms with van der Waals surface area (Å²) < 4.78 is 2.05. The van der Waals surface area contributed by atoms with E-state index in [1.54, 1.807) is 6.07 Å². The van der Waals surface area contributed by atoms with Crippen molar-refractivity contribution < 1.29 is 10.2 Å². The summed E-state index contributed by atoms with van der Waals surface area (Å²) in [5, 5.41) is 27.3. The van der Waals surface area contributed by atoms with Gasteiger partial charge in [0.2, 0.25) is 0 Å². The van der Waals surface area contributed by atoms with Crippen molar-refractivity contribution in [3.63, 3.8) is 0 Å². The summed E-state index contributed by atoms with van der Waals surface area (Å²) in [5.74, 6) is 1.85. The van der Waals surface area contributed by atoms with Crippen molar-refractivity contribution in [3.05, 3.63) is 24.0 Å². The third kappa shape index (κ3) is 2.04. The first-order valence-electron chi connectivity index (χ1n) is 6.33. The Morgan fingerprint density at radius 2 is 2.11 bits per heavy atom. The van der Waals surface area contributed by atoms with Crippen LogP contribution in [0.1, 0.15) is 12.2 Å². The molecule has 6 nitrogen and oxygen atoms in total. The third-order valence-electron chi connectivity index (χ3n) is 3.63. The summed E-state index contributed by atoms with van der Waals surface area (Å²) in [6.45, 7) is 1.50.